The van der Waals surface area contributed by atoms with Crippen LogP contribution >= 0.6 is 0 Å². The van der Waals surface area contributed by atoms with E-state index in [4.69, 9.17) is 4.74 Å². The normalized spacial score (nSPS) is 20.5. The first-order chi connectivity index (χ1) is 21.7. The molecule has 3 N–H and O–H groups in total. The Bertz CT molecular complexity index is 1870. The summed E-state index contributed by atoms with van der Waals surface area (Å²) in [6.45, 7) is 0.865. The minimum absolute atomic E-state index is 0.215. The van der Waals surface area contributed by atoms with Crippen molar-refractivity contribution in [3.63, 3.8) is 0 Å². The van der Waals surface area contributed by atoms with Gasteiger partial charge < -0.3 is 20.7 Å². The summed E-state index contributed by atoms with van der Waals surface area (Å²) >= 11 is 0. The lowest BCUT2D eigenvalue weighted by Crippen LogP contribution is -2.38. The molecule has 4 aliphatic rings. The highest BCUT2D eigenvalue weighted by atomic mass is 16.5. The second-order valence-corrected chi connectivity index (χ2v) is 12.2. The molecular formula is C36H34N6O2. The minimum atomic E-state index is -0.215. The fourth-order valence-electron chi connectivity index (χ4n) is 7.03. The largest absolute Gasteiger partial charge is 0.378 e. The van der Waals surface area contributed by atoms with Crippen LogP contribution in [0.2, 0.25) is 0 Å². The molecule has 3 atom stereocenters. The van der Waals surface area contributed by atoms with Gasteiger partial charge in [-0.1, -0.05) is 12.1 Å². The van der Waals surface area contributed by atoms with Gasteiger partial charge in [-0.05, 0) is 110 Å². The molecule has 5 aromatic rings. The Morgan fingerprint density at radius 3 is 2.70 bits per heavy atom. The molecule has 2 saturated heterocycles. The molecule has 1 amide bonds. The highest BCUT2D eigenvalue weighted by Gasteiger charge is 2.37. The second kappa shape index (κ2) is 11.4. The molecule has 8 nitrogen and oxygen atoms in total. The molecule has 3 fully saturated rings. The van der Waals surface area contributed by atoms with Crippen LogP contribution in [0.4, 0.5) is 28.6 Å². The highest BCUT2D eigenvalue weighted by molar-refractivity contribution is 6.05. The lowest BCUT2D eigenvalue weighted by atomic mass is 9.72. The van der Waals surface area contributed by atoms with Crippen molar-refractivity contribution < 1.29 is 9.53 Å². The molecule has 0 spiro atoms. The van der Waals surface area contributed by atoms with Crippen LogP contribution in [-0.2, 0) is 17.6 Å². The standard InChI is InChI=1S/C36H34N6O2/c43-36(42-35-18-34-25(20-39-35)5-1-4-24-19-37-13-11-31(24)41-34)23-3-2-6-27(15-23)40-33-12-14-38-32-10-8-22(16-30(32)33)29-17-28-9-7-26(29)21-44-28/h2-3,6,8,10-16,18-20,26,28-29,41H,1,4-5,7,9,17,21H2,(H,38,40)(H,39,42,43)/t26-,28-,29?/m0/s1. The van der Waals surface area contributed by atoms with Crippen LogP contribution in [0.15, 0.2) is 85.5 Å². The molecule has 1 unspecified atom stereocenters. The summed E-state index contributed by atoms with van der Waals surface area (Å²) in [5.41, 5.74) is 8.97. The number of carbonyl (C=O) groups excluding carboxylic acids is 1. The number of pyridine rings is 3. The number of carbonyl (C=O) groups is 1. The van der Waals surface area contributed by atoms with Crippen molar-refractivity contribution in [2.45, 2.75) is 50.5 Å². The van der Waals surface area contributed by atoms with Gasteiger partial charge in [-0.25, -0.2) is 4.98 Å². The Balaban J connectivity index is 1.02. The van der Waals surface area contributed by atoms with Crippen LogP contribution in [0.1, 0.15) is 58.6 Å². The van der Waals surface area contributed by atoms with Gasteiger partial charge in [0.2, 0.25) is 0 Å². The quantitative estimate of drug-likeness (QED) is 0.197. The summed E-state index contributed by atoms with van der Waals surface area (Å²) in [6.07, 6.45) is 14.2. The van der Waals surface area contributed by atoms with Gasteiger partial charge in [-0.15, -0.1) is 0 Å². The number of ether oxygens (including phenoxy) is 1. The zero-order chi connectivity index (χ0) is 29.5. The van der Waals surface area contributed by atoms with Gasteiger partial charge >= 0.3 is 0 Å². The SMILES string of the molecule is O=C(Nc1cc2c(cn1)CCCc1cnccc1N2)c1cccc(Nc2ccnc3ccc(C4C[C@@H]5CC[C@H]4CO5)cc23)c1. The van der Waals surface area contributed by atoms with Crippen LogP contribution < -0.4 is 16.0 Å². The first-order valence-corrected chi connectivity index (χ1v) is 15.5. The molecule has 3 aromatic heterocycles. The third-order valence-corrected chi connectivity index (χ3v) is 9.38. The molecular weight excluding hydrogens is 548 g/mol. The van der Waals surface area contributed by atoms with E-state index >= 15 is 0 Å². The van der Waals surface area contributed by atoms with Crippen LogP contribution in [0.25, 0.3) is 10.9 Å². The Kier molecular flexibility index (Phi) is 6.91. The van der Waals surface area contributed by atoms with Crippen molar-refractivity contribution in [1.29, 1.82) is 0 Å². The Hall–Kier alpha value is -4.82. The molecule has 2 bridgehead atoms. The molecule has 220 valence electrons. The van der Waals surface area contributed by atoms with Crippen molar-refractivity contribution in [3.05, 3.63) is 108 Å². The van der Waals surface area contributed by atoms with Gasteiger partial charge in [0.25, 0.3) is 5.91 Å². The molecule has 6 heterocycles. The molecule has 9 rings (SSSR count). The average Bonchev–Trinajstić information content (AvgIpc) is 3.06. The Morgan fingerprint density at radius 1 is 0.909 bits per heavy atom. The predicted octanol–water partition coefficient (Wildman–Crippen LogP) is 7.54. The zero-order valence-electron chi connectivity index (χ0n) is 24.4. The third kappa shape index (κ3) is 5.26. The third-order valence-electron chi connectivity index (χ3n) is 9.38. The summed E-state index contributed by atoms with van der Waals surface area (Å²) in [6, 6.07) is 20.1. The average molecular weight is 583 g/mol. The molecule has 1 aliphatic carbocycles. The van der Waals surface area contributed by atoms with E-state index in [0.717, 1.165) is 71.5 Å². The number of benzene rings is 2. The van der Waals surface area contributed by atoms with E-state index in [1.165, 1.54) is 24.0 Å². The van der Waals surface area contributed by atoms with E-state index in [1.54, 1.807) is 6.20 Å². The molecule has 8 heteroatoms. The number of fused-ring (bicyclic) bond motifs is 6. The van der Waals surface area contributed by atoms with Gasteiger partial charge in [-0.3, -0.25) is 14.8 Å². The van der Waals surface area contributed by atoms with Gasteiger partial charge in [0.05, 0.1) is 18.2 Å². The number of amides is 1. The van der Waals surface area contributed by atoms with Crippen molar-refractivity contribution >= 4 is 45.4 Å². The maximum absolute atomic E-state index is 13.4. The Labute approximate surface area is 256 Å². The van der Waals surface area contributed by atoms with E-state index in [-0.39, 0.29) is 5.91 Å². The van der Waals surface area contributed by atoms with Gasteiger partial charge in [0.15, 0.2) is 0 Å². The maximum atomic E-state index is 13.4. The summed E-state index contributed by atoms with van der Waals surface area (Å²) < 4.78 is 5.97. The number of aryl methyl sites for hydroxylation is 2. The monoisotopic (exact) mass is 582 g/mol. The van der Waals surface area contributed by atoms with Crippen LogP contribution in [0.3, 0.4) is 0 Å². The van der Waals surface area contributed by atoms with Crippen molar-refractivity contribution in [2.24, 2.45) is 5.92 Å². The topological polar surface area (TPSA) is 101 Å². The number of aromatic nitrogens is 3. The predicted molar refractivity (Wildman–Crippen MR) is 173 cm³/mol. The fraction of sp³-hybridized carbons (Fsp3) is 0.278. The number of anilines is 5. The number of rotatable bonds is 5. The first kappa shape index (κ1) is 26.8. The number of nitrogens with zero attached hydrogens (tertiary/aromatic N) is 3. The molecule has 3 aliphatic heterocycles. The smallest absolute Gasteiger partial charge is 0.256 e. The summed E-state index contributed by atoms with van der Waals surface area (Å²) in [4.78, 5) is 26.8. The van der Waals surface area contributed by atoms with Crippen LogP contribution in [0.5, 0.6) is 0 Å². The summed E-state index contributed by atoms with van der Waals surface area (Å²) in [7, 11) is 0. The number of hydrogen-bond donors (Lipinski definition) is 3. The van der Waals surface area contributed by atoms with E-state index in [0.29, 0.717) is 29.3 Å². The minimum Gasteiger partial charge on any atom is -0.378 e. The van der Waals surface area contributed by atoms with Crippen molar-refractivity contribution in [3.8, 4) is 0 Å². The molecule has 0 radical (unpaired) electrons. The molecule has 1 saturated carbocycles. The lowest BCUT2D eigenvalue weighted by molar-refractivity contribution is -0.0736. The number of nitrogens with one attached hydrogen (secondary N) is 3. The van der Waals surface area contributed by atoms with Crippen molar-refractivity contribution in [1.82, 2.24) is 15.0 Å². The highest BCUT2D eigenvalue weighted by Crippen LogP contribution is 2.44. The lowest BCUT2D eigenvalue weighted by Gasteiger charge is -2.42. The van der Waals surface area contributed by atoms with Gasteiger partial charge in [0.1, 0.15) is 5.82 Å². The first-order valence-electron chi connectivity index (χ1n) is 15.5. The van der Waals surface area contributed by atoms with Gasteiger partial charge in [-0.2, -0.15) is 0 Å². The van der Waals surface area contributed by atoms with Gasteiger partial charge in [0, 0.05) is 64.6 Å². The van der Waals surface area contributed by atoms with Crippen LogP contribution in [0, 0.1) is 5.92 Å². The summed E-state index contributed by atoms with van der Waals surface area (Å²) in [5, 5.41) is 11.2. The summed E-state index contributed by atoms with van der Waals surface area (Å²) in [5.74, 6) is 1.40. The Morgan fingerprint density at radius 2 is 1.84 bits per heavy atom. The number of hydrogen-bond acceptors (Lipinski definition) is 7. The van der Waals surface area contributed by atoms with Crippen molar-refractivity contribution in [2.75, 3.05) is 22.6 Å². The molecule has 44 heavy (non-hydrogen) atoms. The van der Waals surface area contributed by atoms with Crippen LogP contribution in [-0.4, -0.2) is 33.6 Å². The fourth-order valence-corrected chi connectivity index (χ4v) is 7.03. The van der Waals surface area contributed by atoms with E-state index in [2.05, 4.69) is 49.1 Å². The maximum Gasteiger partial charge on any atom is 0.256 e. The van der Waals surface area contributed by atoms with E-state index < -0.39 is 0 Å². The zero-order valence-corrected chi connectivity index (χ0v) is 24.4. The molecule has 2 aromatic carbocycles. The second-order valence-electron chi connectivity index (χ2n) is 12.2. The van der Waals surface area contributed by atoms with E-state index in [1.807, 2.05) is 61.1 Å². The van der Waals surface area contributed by atoms with E-state index in [9.17, 15) is 4.79 Å².